The standard InChI is InChI=1S/C14H19N3O3S/c18-14(10-4-6-21(19,20)8-10)17-5-3-12-11(7-17)13(16-15-12)9-1-2-9/h9-10H,1-8H2,(H,15,16). The highest BCUT2D eigenvalue weighted by molar-refractivity contribution is 7.91. The molecule has 114 valence electrons. The highest BCUT2D eigenvalue weighted by Gasteiger charge is 2.38. The van der Waals surface area contributed by atoms with Gasteiger partial charge in [0, 0.05) is 36.7 Å². The van der Waals surface area contributed by atoms with Crippen LogP contribution >= 0.6 is 0 Å². The molecule has 7 heteroatoms. The third kappa shape index (κ3) is 2.37. The molecule has 1 unspecified atom stereocenters. The summed E-state index contributed by atoms with van der Waals surface area (Å²) in [7, 11) is -3.01. The van der Waals surface area contributed by atoms with E-state index in [2.05, 4.69) is 10.2 Å². The first kappa shape index (κ1) is 13.3. The molecule has 1 N–H and O–H groups in total. The highest BCUT2D eigenvalue weighted by atomic mass is 32.2. The van der Waals surface area contributed by atoms with E-state index in [4.69, 9.17) is 0 Å². The number of fused-ring (bicyclic) bond motifs is 1. The van der Waals surface area contributed by atoms with Crippen molar-refractivity contribution in [2.75, 3.05) is 18.1 Å². The molecule has 0 radical (unpaired) electrons. The molecule has 2 fully saturated rings. The summed E-state index contributed by atoms with van der Waals surface area (Å²) in [4.78, 5) is 14.4. The Morgan fingerprint density at radius 3 is 2.76 bits per heavy atom. The van der Waals surface area contributed by atoms with Gasteiger partial charge in [0.05, 0.1) is 23.1 Å². The SMILES string of the molecule is O=C(C1CCS(=O)(=O)C1)N1CCc2[nH]nc(C3CC3)c2C1. The molecular formula is C14H19N3O3S. The van der Waals surface area contributed by atoms with Crippen LogP contribution in [0.2, 0.25) is 0 Å². The summed E-state index contributed by atoms with van der Waals surface area (Å²) in [5.74, 6) is 0.404. The Morgan fingerprint density at radius 1 is 1.29 bits per heavy atom. The first-order chi connectivity index (χ1) is 10.0. The van der Waals surface area contributed by atoms with Gasteiger partial charge >= 0.3 is 0 Å². The monoisotopic (exact) mass is 309 g/mol. The smallest absolute Gasteiger partial charge is 0.227 e. The van der Waals surface area contributed by atoms with E-state index in [1.165, 1.54) is 18.4 Å². The summed E-state index contributed by atoms with van der Waals surface area (Å²) in [6.07, 6.45) is 3.64. The van der Waals surface area contributed by atoms with Crippen LogP contribution in [0.4, 0.5) is 0 Å². The molecule has 1 aliphatic carbocycles. The Labute approximate surface area is 123 Å². The maximum absolute atomic E-state index is 12.5. The molecule has 3 heterocycles. The fourth-order valence-corrected chi connectivity index (χ4v) is 5.18. The van der Waals surface area contributed by atoms with Crippen LogP contribution in [-0.2, 0) is 27.6 Å². The van der Waals surface area contributed by atoms with Crippen molar-refractivity contribution >= 4 is 15.7 Å². The quantitative estimate of drug-likeness (QED) is 0.867. The van der Waals surface area contributed by atoms with Gasteiger partial charge in [0.25, 0.3) is 0 Å². The van der Waals surface area contributed by atoms with Crippen molar-refractivity contribution < 1.29 is 13.2 Å². The predicted octanol–water partition coefficient (Wildman–Crippen LogP) is 0.606. The molecule has 1 aromatic heterocycles. The Bertz CT molecular complexity index is 690. The summed E-state index contributed by atoms with van der Waals surface area (Å²) in [5.41, 5.74) is 3.46. The molecule has 3 aliphatic rings. The number of nitrogens with zero attached hydrogens (tertiary/aromatic N) is 2. The van der Waals surface area contributed by atoms with Crippen LogP contribution < -0.4 is 0 Å². The lowest BCUT2D eigenvalue weighted by molar-refractivity contribution is -0.135. The van der Waals surface area contributed by atoms with Crippen LogP contribution in [0.5, 0.6) is 0 Å². The van der Waals surface area contributed by atoms with Crippen LogP contribution in [0.3, 0.4) is 0 Å². The second-order valence-electron chi connectivity index (χ2n) is 6.45. The van der Waals surface area contributed by atoms with E-state index >= 15 is 0 Å². The summed E-state index contributed by atoms with van der Waals surface area (Å²) in [6.45, 7) is 1.25. The second-order valence-corrected chi connectivity index (χ2v) is 8.68. The van der Waals surface area contributed by atoms with Crippen molar-refractivity contribution in [1.29, 1.82) is 0 Å². The van der Waals surface area contributed by atoms with Crippen molar-refractivity contribution in [3.63, 3.8) is 0 Å². The number of hydrogen-bond acceptors (Lipinski definition) is 4. The molecule has 0 aromatic carbocycles. The van der Waals surface area contributed by atoms with E-state index in [1.54, 1.807) is 0 Å². The zero-order valence-corrected chi connectivity index (χ0v) is 12.7. The average Bonchev–Trinajstić information content (AvgIpc) is 3.11. The van der Waals surface area contributed by atoms with Crippen molar-refractivity contribution in [3.05, 3.63) is 17.0 Å². The van der Waals surface area contributed by atoms with Gasteiger partial charge in [-0.25, -0.2) is 8.42 Å². The number of carbonyl (C=O) groups excluding carboxylic acids is 1. The lowest BCUT2D eigenvalue weighted by atomic mass is 10.0. The van der Waals surface area contributed by atoms with Gasteiger partial charge < -0.3 is 4.90 Å². The van der Waals surface area contributed by atoms with Gasteiger partial charge in [-0.05, 0) is 19.3 Å². The van der Waals surface area contributed by atoms with Crippen LogP contribution in [0.25, 0.3) is 0 Å². The largest absolute Gasteiger partial charge is 0.338 e. The number of carbonyl (C=O) groups is 1. The normalized spacial score (nSPS) is 27.6. The summed E-state index contributed by atoms with van der Waals surface area (Å²) >= 11 is 0. The average molecular weight is 309 g/mol. The van der Waals surface area contributed by atoms with E-state index in [0.29, 0.717) is 25.4 Å². The lowest BCUT2D eigenvalue weighted by Crippen LogP contribution is -2.40. The third-order valence-corrected chi connectivity index (χ3v) is 6.59. The molecule has 1 saturated carbocycles. The number of aromatic amines is 1. The fraction of sp³-hybridized carbons (Fsp3) is 0.714. The fourth-order valence-electron chi connectivity index (χ4n) is 3.45. The van der Waals surface area contributed by atoms with Gasteiger partial charge in [-0.2, -0.15) is 5.10 Å². The van der Waals surface area contributed by atoms with Crippen molar-refractivity contribution in [2.45, 2.75) is 38.1 Å². The zero-order valence-electron chi connectivity index (χ0n) is 11.8. The lowest BCUT2D eigenvalue weighted by Gasteiger charge is -2.29. The highest BCUT2D eigenvalue weighted by Crippen LogP contribution is 2.42. The topological polar surface area (TPSA) is 83.1 Å². The first-order valence-corrected chi connectivity index (χ1v) is 9.41. The van der Waals surface area contributed by atoms with Crippen LogP contribution in [0, 0.1) is 5.92 Å². The Hall–Kier alpha value is -1.37. The van der Waals surface area contributed by atoms with Crippen molar-refractivity contribution in [2.24, 2.45) is 5.92 Å². The van der Waals surface area contributed by atoms with Gasteiger partial charge in [-0.3, -0.25) is 9.89 Å². The van der Waals surface area contributed by atoms with Crippen LogP contribution in [-0.4, -0.2) is 47.5 Å². The summed E-state index contributed by atoms with van der Waals surface area (Å²) in [5, 5.41) is 7.52. The van der Waals surface area contributed by atoms with Gasteiger partial charge in [-0.1, -0.05) is 0 Å². The van der Waals surface area contributed by atoms with Crippen molar-refractivity contribution in [1.82, 2.24) is 15.1 Å². The minimum absolute atomic E-state index is 0.00433. The molecule has 6 nitrogen and oxygen atoms in total. The number of amides is 1. The van der Waals surface area contributed by atoms with Gasteiger partial charge in [0.15, 0.2) is 9.84 Å². The zero-order chi connectivity index (χ0) is 14.6. The second kappa shape index (κ2) is 4.56. The van der Waals surface area contributed by atoms with Gasteiger partial charge in [-0.15, -0.1) is 0 Å². The summed E-state index contributed by atoms with van der Waals surface area (Å²) < 4.78 is 23.1. The number of hydrogen-bond donors (Lipinski definition) is 1. The molecule has 2 aliphatic heterocycles. The molecule has 4 rings (SSSR count). The molecule has 1 atom stereocenters. The molecule has 21 heavy (non-hydrogen) atoms. The molecule has 1 amide bonds. The van der Waals surface area contributed by atoms with Crippen LogP contribution in [0.15, 0.2) is 0 Å². The number of sulfone groups is 1. The first-order valence-electron chi connectivity index (χ1n) is 7.59. The number of aromatic nitrogens is 2. The van der Waals surface area contributed by atoms with E-state index in [-0.39, 0.29) is 23.3 Å². The Kier molecular flexibility index (Phi) is 2.89. The van der Waals surface area contributed by atoms with E-state index in [9.17, 15) is 13.2 Å². The Morgan fingerprint density at radius 2 is 2.10 bits per heavy atom. The Balaban J connectivity index is 1.52. The maximum Gasteiger partial charge on any atom is 0.227 e. The van der Waals surface area contributed by atoms with Crippen molar-refractivity contribution in [3.8, 4) is 0 Å². The predicted molar refractivity (Wildman–Crippen MR) is 76.4 cm³/mol. The summed E-state index contributed by atoms with van der Waals surface area (Å²) in [6, 6.07) is 0. The van der Waals surface area contributed by atoms with E-state index in [1.807, 2.05) is 4.90 Å². The number of H-pyrrole nitrogens is 1. The van der Waals surface area contributed by atoms with E-state index in [0.717, 1.165) is 17.8 Å². The molecule has 1 aromatic rings. The molecule has 1 saturated heterocycles. The van der Waals surface area contributed by atoms with E-state index < -0.39 is 9.84 Å². The third-order valence-electron chi connectivity index (χ3n) is 4.82. The van der Waals surface area contributed by atoms with Crippen LogP contribution in [0.1, 0.15) is 42.1 Å². The number of nitrogens with one attached hydrogen (secondary N) is 1. The molecule has 0 bridgehead atoms. The maximum atomic E-state index is 12.5. The minimum Gasteiger partial charge on any atom is -0.338 e. The molecular weight excluding hydrogens is 290 g/mol. The number of rotatable bonds is 2. The van der Waals surface area contributed by atoms with Gasteiger partial charge in [0.1, 0.15) is 0 Å². The minimum atomic E-state index is -3.01. The molecule has 0 spiro atoms. The van der Waals surface area contributed by atoms with Gasteiger partial charge in [0.2, 0.25) is 5.91 Å².